The average molecular weight is 662 g/mol. The molecule has 3 aromatic carbocycles. The van der Waals surface area contributed by atoms with Crippen LogP contribution in [0, 0.1) is 0 Å². The standard InChI is InChI=1S/C26H18BrCl4NO4S/c1-2-35-22-9-15(7-18(27)24(22)36-13-14-3-6-19(29)21(31)8-14)10-23-25(33)32(26(34)37-23)12-16-4-5-17(28)11-20(16)30/h3-11H,2,12-13H2,1H3/b23-10-. The van der Waals surface area contributed by atoms with Crippen LogP contribution >= 0.6 is 74.1 Å². The number of hydrogen-bond donors (Lipinski definition) is 0. The molecule has 1 heterocycles. The van der Waals surface area contributed by atoms with E-state index in [-0.39, 0.29) is 23.3 Å². The first-order valence-electron chi connectivity index (χ1n) is 10.9. The maximum atomic E-state index is 13.0. The number of imide groups is 1. The Kier molecular flexibility index (Phi) is 9.38. The normalized spacial score (nSPS) is 14.5. The van der Waals surface area contributed by atoms with E-state index in [2.05, 4.69) is 15.9 Å². The molecule has 4 rings (SSSR count). The molecule has 5 nitrogen and oxygen atoms in total. The van der Waals surface area contributed by atoms with Gasteiger partial charge in [0.15, 0.2) is 11.5 Å². The van der Waals surface area contributed by atoms with Crippen molar-refractivity contribution in [2.24, 2.45) is 0 Å². The van der Waals surface area contributed by atoms with Gasteiger partial charge in [-0.3, -0.25) is 14.5 Å². The molecule has 0 spiro atoms. The second kappa shape index (κ2) is 12.3. The monoisotopic (exact) mass is 659 g/mol. The van der Waals surface area contributed by atoms with Gasteiger partial charge in [-0.2, -0.15) is 0 Å². The molecule has 1 saturated heterocycles. The van der Waals surface area contributed by atoms with Crippen molar-refractivity contribution >= 4 is 91.3 Å². The van der Waals surface area contributed by atoms with Crippen molar-refractivity contribution in [2.45, 2.75) is 20.1 Å². The third-order valence-corrected chi connectivity index (χ3v) is 8.04. The first-order chi connectivity index (χ1) is 17.7. The lowest BCUT2D eigenvalue weighted by atomic mass is 10.1. The van der Waals surface area contributed by atoms with Crippen LogP contribution in [0.15, 0.2) is 57.9 Å². The first-order valence-corrected chi connectivity index (χ1v) is 14.0. The Hall–Kier alpha value is -1.87. The van der Waals surface area contributed by atoms with Crippen LogP contribution in [0.25, 0.3) is 6.08 Å². The van der Waals surface area contributed by atoms with Gasteiger partial charge in [-0.1, -0.05) is 58.5 Å². The molecule has 0 unspecified atom stereocenters. The summed E-state index contributed by atoms with van der Waals surface area (Å²) in [4.78, 5) is 27.1. The Morgan fingerprint density at radius 3 is 2.43 bits per heavy atom. The van der Waals surface area contributed by atoms with Crippen molar-refractivity contribution in [1.82, 2.24) is 4.90 Å². The number of ether oxygens (including phenoxy) is 2. The largest absolute Gasteiger partial charge is 0.490 e. The van der Waals surface area contributed by atoms with Gasteiger partial charge in [0.2, 0.25) is 0 Å². The molecule has 1 aliphatic rings. The predicted molar refractivity (Wildman–Crippen MR) is 154 cm³/mol. The Balaban J connectivity index is 1.55. The fraction of sp³-hybridized carbons (Fsp3) is 0.154. The number of halogens is 5. The average Bonchev–Trinajstić information content (AvgIpc) is 3.09. The van der Waals surface area contributed by atoms with E-state index < -0.39 is 5.91 Å². The number of benzene rings is 3. The molecule has 0 N–H and O–H groups in total. The maximum Gasteiger partial charge on any atom is 0.293 e. The first kappa shape index (κ1) is 28.1. The van der Waals surface area contributed by atoms with Crippen LogP contribution in [-0.4, -0.2) is 22.7 Å². The van der Waals surface area contributed by atoms with Crippen molar-refractivity contribution in [3.8, 4) is 11.5 Å². The Morgan fingerprint density at radius 1 is 0.946 bits per heavy atom. The smallest absolute Gasteiger partial charge is 0.293 e. The van der Waals surface area contributed by atoms with Gasteiger partial charge in [0.1, 0.15) is 6.61 Å². The topological polar surface area (TPSA) is 55.8 Å². The minimum Gasteiger partial charge on any atom is -0.490 e. The van der Waals surface area contributed by atoms with Crippen LogP contribution in [0.4, 0.5) is 4.79 Å². The second-order valence-electron chi connectivity index (χ2n) is 7.80. The lowest BCUT2D eigenvalue weighted by molar-refractivity contribution is -0.123. The fourth-order valence-electron chi connectivity index (χ4n) is 3.47. The van der Waals surface area contributed by atoms with E-state index in [0.717, 1.165) is 22.2 Å². The zero-order chi connectivity index (χ0) is 26.7. The number of rotatable bonds is 8. The molecule has 0 saturated carbocycles. The number of carbonyl (C=O) groups excluding carboxylic acids is 2. The molecule has 0 bridgehead atoms. The van der Waals surface area contributed by atoms with Crippen LogP contribution in [0.5, 0.6) is 11.5 Å². The van der Waals surface area contributed by atoms with Gasteiger partial charge in [0, 0.05) is 10.0 Å². The third-order valence-electron chi connectivity index (χ3n) is 5.21. The van der Waals surface area contributed by atoms with Gasteiger partial charge in [0.25, 0.3) is 11.1 Å². The number of hydrogen-bond acceptors (Lipinski definition) is 5. The third kappa shape index (κ3) is 6.77. The summed E-state index contributed by atoms with van der Waals surface area (Å²) in [6.45, 7) is 2.54. The highest BCUT2D eigenvalue weighted by molar-refractivity contribution is 9.10. The van der Waals surface area contributed by atoms with Crippen LogP contribution in [-0.2, 0) is 17.9 Å². The van der Waals surface area contributed by atoms with Crippen LogP contribution in [0.2, 0.25) is 20.1 Å². The van der Waals surface area contributed by atoms with Crippen molar-refractivity contribution < 1.29 is 19.1 Å². The van der Waals surface area contributed by atoms with Crippen LogP contribution in [0.3, 0.4) is 0 Å². The molecule has 2 amide bonds. The highest BCUT2D eigenvalue weighted by atomic mass is 79.9. The number of thioether (sulfide) groups is 1. The van der Waals surface area contributed by atoms with Gasteiger partial charge in [-0.25, -0.2) is 0 Å². The molecule has 0 atom stereocenters. The van der Waals surface area contributed by atoms with Crippen molar-refractivity contribution in [2.75, 3.05) is 6.61 Å². The Morgan fingerprint density at radius 2 is 1.73 bits per heavy atom. The molecule has 0 aromatic heterocycles. The fourth-order valence-corrected chi connectivity index (χ4v) is 5.67. The SMILES string of the molecule is CCOc1cc(/C=C2\SC(=O)N(Cc3ccc(Cl)cc3Cl)C2=O)cc(Br)c1OCc1ccc(Cl)c(Cl)c1. The van der Waals surface area contributed by atoms with Crippen LogP contribution < -0.4 is 9.47 Å². The molecule has 0 aliphatic carbocycles. The van der Waals surface area contributed by atoms with Crippen molar-refractivity contribution in [3.63, 3.8) is 0 Å². The molecule has 0 radical (unpaired) electrons. The zero-order valence-electron chi connectivity index (χ0n) is 19.2. The second-order valence-corrected chi connectivity index (χ2v) is 11.3. The lowest BCUT2D eigenvalue weighted by Gasteiger charge is -2.15. The summed E-state index contributed by atoms with van der Waals surface area (Å²) in [6.07, 6.45) is 1.64. The van der Waals surface area contributed by atoms with Gasteiger partial charge >= 0.3 is 0 Å². The highest BCUT2D eigenvalue weighted by Gasteiger charge is 2.35. The Labute approximate surface area is 246 Å². The zero-order valence-corrected chi connectivity index (χ0v) is 24.6. The summed E-state index contributed by atoms with van der Waals surface area (Å²) in [5, 5.41) is 1.38. The summed E-state index contributed by atoms with van der Waals surface area (Å²) in [5.74, 6) is 0.570. The van der Waals surface area contributed by atoms with Gasteiger partial charge in [0.05, 0.1) is 32.6 Å². The van der Waals surface area contributed by atoms with E-state index in [1.807, 2.05) is 13.0 Å². The summed E-state index contributed by atoms with van der Waals surface area (Å²) in [7, 11) is 0. The number of amides is 2. The molecule has 1 fully saturated rings. The van der Waals surface area contributed by atoms with Gasteiger partial charge in [-0.05, 0) is 93.8 Å². The predicted octanol–water partition coefficient (Wildman–Crippen LogP) is 9.28. The summed E-state index contributed by atoms with van der Waals surface area (Å²) >= 11 is 28.7. The summed E-state index contributed by atoms with van der Waals surface area (Å²) < 4.78 is 12.4. The molecule has 3 aromatic rings. The van der Waals surface area contributed by atoms with E-state index >= 15 is 0 Å². The van der Waals surface area contributed by atoms with Gasteiger partial charge < -0.3 is 9.47 Å². The minimum atomic E-state index is -0.407. The lowest BCUT2D eigenvalue weighted by Crippen LogP contribution is -2.27. The molecule has 1 aliphatic heterocycles. The van der Waals surface area contributed by atoms with E-state index in [1.165, 1.54) is 0 Å². The van der Waals surface area contributed by atoms with Crippen molar-refractivity contribution in [3.05, 3.63) is 94.7 Å². The van der Waals surface area contributed by atoms with Gasteiger partial charge in [-0.15, -0.1) is 0 Å². The maximum absolute atomic E-state index is 13.0. The van der Waals surface area contributed by atoms with E-state index in [4.69, 9.17) is 55.9 Å². The number of nitrogens with zero attached hydrogens (tertiary/aromatic N) is 1. The van der Waals surface area contributed by atoms with Crippen molar-refractivity contribution in [1.29, 1.82) is 0 Å². The van der Waals surface area contributed by atoms with E-state index in [0.29, 0.717) is 53.8 Å². The molecule has 11 heteroatoms. The minimum absolute atomic E-state index is 0.0490. The highest BCUT2D eigenvalue weighted by Crippen LogP contribution is 2.40. The Bertz CT molecular complexity index is 1420. The molecule has 192 valence electrons. The molecular weight excluding hydrogens is 644 g/mol. The quantitative estimate of drug-likeness (QED) is 0.225. The number of carbonyl (C=O) groups is 2. The summed E-state index contributed by atoms with van der Waals surface area (Å²) in [6, 6.07) is 13.7. The van der Waals surface area contributed by atoms with Crippen LogP contribution in [0.1, 0.15) is 23.6 Å². The molecule has 37 heavy (non-hydrogen) atoms. The van der Waals surface area contributed by atoms with E-state index in [1.54, 1.807) is 48.5 Å². The summed E-state index contributed by atoms with van der Waals surface area (Å²) in [5.41, 5.74) is 2.12. The molecular formula is C26H18BrCl4NO4S. The van der Waals surface area contributed by atoms with E-state index in [9.17, 15) is 9.59 Å².